The van der Waals surface area contributed by atoms with E-state index >= 15 is 0 Å². The molecule has 0 spiro atoms. The summed E-state index contributed by atoms with van der Waals surface area (Å²) in [7, 11) is 0. The van der Waals surface area contributed by atoms with Gasteiger partial charge < -0.3 is 10.1 Å². The molecule has 1 heterocycles. The number of amides is 1. The summed E-state index contributed by atoms with van der Waals surface area (Å²) in [6.45, 7) is 5.23. The number of rotatable bonds is 6. The van der Waals surface area contributed by atoms with Crippen LogP contribution in [0.3, 0.4) is 0 Å². The van der Waals surface area contributed by atoms with Crippen molar-refractivity contribution in [1.29, 1.82) is 0 Å². The number of halogens is 2. The lowest BCUT2D eigenvalue weighted by Crippen LogP contribution is -2.52. The Hall–Kier alpha value is -1.76. The van der Waals surface area contributed by atoms with Crippen LogP contribution < -0.4 is 10.1 Å². The van der Waals surface area contributed by atoms with Gasteiger partial charge in [0.1, 0.15) is 11.6 Å². The number of piperidine rings is 1. The fraction of sp³-hybridized carbons (Fsp3) is 0.381. The molecule has 0 aromatic heterocycles. The number of hydrogen-bond donors (Lipinski definition) is 1. The van der Waals surface area contributed by atoms with Gasteiger partial charge in [-0.1, -0.05) is 11.6 Å². The Bertz CT molecular complexity index is 791. The standard InChI is InChI=1S/C21H24ClFN2O2S/c1-21(2,27-18-7-3-15(22)4-8-18)20(26)24-17-11-13-25(14-12-17)28-19-9-5-16(23)6-10-19/h3-10,17H,11-14H2,1-2H3,(H,24,26). The number of hydrogen-bond acceptors (Lipinski definition) is 4. The minimum Gasteiger partial charge on any atom is -0.478 e. The molecular weight excluding hydrogens is 399 g/mol. The third-order valence-corrected chi connectivity index (χ3v) is 5.93. The monoisotopic (exact) mass is 422 g/mol. The summed E-state index contributed by atoms with van der Waals surface area (Å²) >= 11 is 7.51. The van der Waals surface area contributed by atoms with Crippen molar-refractivity contribution >= 4 is 29.5 Å². The minimum atomic E-state index is -0.978. The molecule has 1 amide bonds. The summed E-state index contributed by atoms with van der Waals surface area (Å²) in [5, 5.41) is 3.73. The minimum absolute atomic E-state index is 0.116. The molecule has 4 nitrogen and oxygen atoms in total. The summed E-state index contributed by atoms with van der Waals surface area (Å²) < 4.78 is 21.1. The van der Waals surface area contributed by atoms with Gasteiger partial charge in [0.2, 0.25) is 0 Å². The van der Waals surface area contributed by atoms with E-state index in [0.29, 0.717) is 10.8 Å². The predicted octanol–water partition coefficient (Wildman–Crippen LogP) is 4.92. The molecule has 0 bridgehead atoms. The van der Waals surface area contributed by atoms with Crippen molar-refractivity contribution in [2.24, 2.45) is 0 Å². The van der Waals surface area contributed by atoms with Crippen molar-refractivity contribution in [3.05, 3.63) is 59.4 Å². The van der Waals surface area contributed by atoms with Crippen molar-refractivity contribution in [2.45, 2.75) is 43.2 Å². The Morgan fingerprint density at radius 1 is 1.14 bits per heavy atom. The van der Waals surface area contributed by atoms with E-state index in [4.69, 9.17) is 16.3 Å². The zero-order valence-corrected chi connectivity index (χ0v) is 17.5. The average Bonchev–Trinajstić information content (AvgIpc) is 2.67. The van der Waals surface area contributed by atoms with Crippen LogP contribution in [0.25, 0.3) is 0 Å². The van der Waals surface area contributed by atoms with E-state index in [9.17, 15) is 9.18 Å². The lowest BCUT2D eigenvalue weighted by atomic mass is 10.0. The largest absolute Gasteiger partial charge is 0.478 e. The Morgan fingerprint density at radius 2 is 1.75 bits per heavy atom. The Morgan fingerprint density at radius 3 is 2.36 bits per heavy atom. The summed E-state index contributed by atoms with van der Waals surface area (Å²) in [6, 6.07) is 13.6. The maximum atomic E-state index is 13.0. The van der Waals surface area contributed by atoms with Crippen molar-refractivity contribution in [1.82, 2.24) is 9.62 Å². The van der Waals surface area contributed by atoms with E-state index in [1.807, 2.05) is 0 Å². The first kappa shape index (κ1) is 21.0. The van der Waals surface area contributed by atoms with E-state index < -0.39 is 5.60 Å². The quantitative estimate of drug-likeness (QED) is 0.670. The van der Waals surface area contributed by atoms with Crippen LogP contribution in [0.4, 0.5) is 4.39 Å². The molecule has 1 saturated heterocycles. The van der Waals surface area contributed by atoms with E-state index in [2.05, 4.69) is 9.62 Å². The highest BCUT2D eigenvalue weighted by atomic mass is 35.5. The van der Waals surface area contributed by atoms with Gasteiger partial charge in [0.05, 0.1) is 0 Å². The number of nitrogens with one attached hydrogen (secondary N) is 1. The number of ether oxygens (including phenoxy) is 1. The third-order valence-electron chi connectivity index (χ3n) is 4.57. The Labute approximate surface area is 174 Å². The molecule has 0 aliphatic carbocycles. The van der Waals surface area contributed by atoms with Gasteiger partial charge in [-0.25, -0.2) is 8.70 Å². The number of carbonyl (C=O) groups is 1. The molecule has 150 valence electrons. The Balaban J connectivity index is 1.47. The molecule has 0 saturated carbocycles. The van der Waals surface area contributed by atoms with Gasteiger partial charge in [0.25, 0.3) is 5.91 Å². The smallest absolute Gasteiger partial charge is 0.263 e. The van der Waals surface area contributed by atoms with E-state index in [0.717, 1.165) is 30.8 Å². The van der Waals surface area contributed by atoms with Crippen LogP contribution in [0.5, 0.6) is 5.75 Å². The molecule has 1 aliphatic heterocycles. The van der Waals surface area contributed by atoms with Gasteiger partial charge in [-0.05, 0) is 87.2 Å². The second-order valence-corrected chi connectivity index (χ2v) is 8.90. The van der Waals surface area contributed by atoms with Gasteiger partial charge in [-0.3, -0.25) is 4.79 Å². The predicted molar refractivity (Wildman–Crippen MR) is 111 cm³/mol. The zero-order chi connectivity index (χ0) is 20.1. The molecular formula is C21H24ClFN2O2S. The maximum absolute atomic E-state index is 13.0. The molecule has 0 unspecified atom stereocenters. The molecule has 1 aliphatic rings. The first-order valence-electron chi connectivity index (χ1n) is 9.26. The van der Waals surface area contributed by atoms with E-state index in [1.54, 1.807) is 62.2 Å². The zero-order valence-electron chi connectivity index (χ0n) is 16.0. The fourth-order valence-electron chi connectivity index (χ4n) is 2.94. The van der Waals surface area contributed by atoms with Crippen molar-refractivity contribution < 1.29 is 13.9 Å². The SMILES string of the molecule is CC(C)(Oc1ccc(Cl)cc1)C(=O)NC1CCN(Sc2ccc(F)cc2)CC1. The van der Waals surface area contributed by atoms with Crippen molar-refractivity contribution in [2.75, 3.05) is 13.1 Å². The summed E-state index contributed by atoms with van der Waals surface area (Å²) in [5.41, 5.74) is -0.978. The van der Waals surface area contributed by atoms with Gasteiger partial charge in [0.15, 0.2) is 5.60 Å². The normalized spacial score (nSPS) is 16.0. The Kier molecular flexibility index (Phi) is 6.86. The second-order valence-electron chi connectivity index (χ2n) is 7.29. The molecule has 2 aromatic carbocycles. The first-order chi connectivity index (χ1) is 13.3. The fourth-order valence-corrected chi connectivity index (χ4v) is 4.01. The van der Waals surface area contributed by atoms with Crippen LogP contribution in [0, 0.1) is 5.82 Å². The van der Waals surface area contributed by atoms with Gasteiger partial charge in [0, 0.05) is 29.0 Å². The topological polar surface area (TPSA) is 41.6 Å². The summed E-state index contributed by atoms with van der Waals surface area (Å²) in [6.07, 6.45) is 1.72. The summed E-state index contributed by atoms with van der Waals surface area (Å²) in [4.78, 5) is 13.7. The maximum Gasteiger partial charge on any atom is 0.263 e. The molecule has 1 fully saturated rings. The highest BCUT2D eigenvalue weighted by Crippen LogP contribution is 2.27. The van der Waals surface area contributed by atoms with Crippen LogP contribution in [-0.4, -0.2) is 34.9 Å². The first-order valence-corrected chi connectivity index (χ1v) is 10.4. The highest BCUT2D eigenvalue weighted by molar-refractivity contribution is 7.97. The molecule has 0 radical (unpaired) electrons. The molecule has 7 heteroatoms. The molecule has 0 atom stereocenters. The van der Waals surface area contributed by atoms with Crippen LogP contribution in [-0.2, 0) is 4.79 Å². The summed E-state index contributed by atoms with van der Waals surface area (Å²) in [5.74, 6) is 0.247. The average molecular weight is 423 g/mol. The number of carbonyl (C=O) groups excluding carboxylic acids is 1. The second kappa shape index (κ2) is 9.16. The van der Waals surface area contributed by atoms with E-state index in [1.165, 1.54) is 12.1 Å². The van der Waals surface area contributed by atoms with Gasteiger partial charge in [-0.2, -0.15) is 0 Å². The van der Waals surface area contributed by atoms with Crippen molar-refractivity contribution in [3.63, 3.8) is 0 Å². The third kappa shape index (κ3) is 5.87. The highest BCUT2D eigenvalue weighted by Gasteiger charge is 2.32. The molecule has 2 aromatic rings. The lowest BCUT2D eigenvalue weighted by molar-refractivity contribution is -0.135. The van der Waals surface area contributed by atoms with Crippen LogP contribution in [0.15, 0.2) is 53.4 Å². The lowest BCUT2D eigenvalue weighted by Gasteiger charge is -2.33. The molecule has 28 heavy (non-hydrogen) atoms. The van der Waals surface area contributed by atoms with E-state index in [-0.39, 0.29) is 17.8 Å². The van der Waals surface area contributed by atoms with Crippen molar-refractivity contribution in [3.8, 4) is 5.75 Å². The number of nitrogens with zero attached hydrogens (tertiary/aromatic N) is 1. The van der Waals surface area contributed by atoms with Crippen LogP contribution in [0.1, 0.15) is 26.7 Å². The molecule has 1 N–H and O–H groups in total. The van der Waals surface area contributed by atoms with Gasteiger partial charge >= 0.3 is 0 Å². The van der Waals surface area contributed by atoms with Crippen LogP contribution in [0.2, 0.25) is 5.02 Å². The van der Waals surface area contributed by atoms with Gasteiger partial charge in [-0.15, -0.1) is 0 Å². The number of benzene rings is 2. The van der Waals surface area contributed by atoms with Crippen LogP contribution >= 0.6 is 23.5 Å². The molecule has 3 rings (SSSR count).